The van der Waals surface area contributed by atoms with Gasteiger partial charge < -0.3 is 5.11 Å². The van der Waals surface area contributed by atoms with E-state index in [1.165, 1.54) is 0 Å². The second-order valence-corrected chi connectivity index (χ2v) is 4.35. The Hall–Kier alpha value is -2.36. The minimum absolute atomic E-state index is 0.275. The maximum absolute atomic E-state index is 9.46. The highest BCUT2D eigenvalue weighted by Crippen LogP contribution is 2.15. The number of benzene rings is 1. The van der Waals surface area contributed by atoms with Crippen molar-refractivity contribution in [1.82, 2.24) is 14.6 Å². The Bertz CT molecular complexity index is 703. The first-order valence-electron chi connectivity index (χ1n) is 5.81. The first-order valence-corrected chi connectivity index (χ1v) is 5.81. The number of fused-ring (bicyclic) bond motifs is 1. The van der Waals surface area contributed by atoms with Gasteiger partial charge in [0.15, 0.2) is 5.65 Å². The first kappa shape index (κ1) is 10.8. The summed E-state index contributed by atoms with van der Waals surface area (Å²) in [6, 6.07) is 11.2. The van der Waals surface area contributed by atoms with Gasteiger partial charge in [-0.2, -0.15) is 0 Å². The third-order valence-electron chi connectivity index (χ3n) is 2.97. The average Bonchev–Trinajstić information content (AvgIpc) is 2.74. The topological polar surface area (TPSA) is 50.4 Å². The van der Waals surface area contributed by atoms with E-state index >= 15 is 0 Å². The summed E-state index contributed by atoms with van der Waals surface area (Å²) >= 11 is 0. The molecule has 3 aromatic rings. The molecule has 0 saturated carbocycles. The standard InChI is InChI=1S/C14H13N3O/c1-10-4-3-7-17-13(15-16-14(10)17)9-11-5-2-6-12(18)8-11/h2-8,18H,9H2,1H3. The number of rotatable bonds is 2. The lowest BCUT2D eigenvalue weighted by atomic mass is 10.1. The van der Waals surface area contributed by atoms with Crippen LogP contribution in [-0.4, -0.2) is 19.7 Å². The van der Waals surface area contributed by atoms with Crippen LogP contribution >= 0.6 is 0 Å². The Balaban J connectivity index is 2.03. The van der Waals surface area contributed by atoms with E-state index in [-0.39, 0.29) is 5.75 Å². The Kier molecular flexibility index (Phi) is 2.48. The molecule has 90 valence electrons. The van der Waals surface area contributed by atoms with E-state index < -0.39 is 0 Å². The molecule has 0 unspecified atom stereocenters. The highest BCUT2D eigenvalue weighted by atomic mass is 16.3. The number of aromatic hydroxyl groups is 1. The van der Waals surface area contributed by atoms with Gasteiger partial charge in [0.25, 0.3) is 0 Å². The fraction of sp³-hybridized carbons (Fsp3) is 0.143. The number of phenols is 1. The van der Waals surface area contributed by atoms with E-state index in [4.69, 9.17) is 0 Å². The summed E-state index contributed by atoms with van der Waals surface area (Å²) in [5.41, 5.74) is 3.01. The largest absolute Gasteiger partial charge is 0.508 e. The summed E-state index contributed by atoms with van der Waals surface area (Å²) in [6.45, 7) is 2.02. The third kappa shape index (κ3) is 1.82. The number of nitrogens with zero attached hydrogens (tertiary/aromatic N) is 3. The molecule has 0 bridgehead atoms. The molecular weight excluding hydrogens is 226 g/mol. The van der Waals surface area contributed by atoms with Gasteiger partial charge in [0, 0.05) is 12.6 Å². The summed E-state index contributed by atoms with van der Waals surface area (Å²) in [5.74, 6) is 1.15. The molecule has 0 aliphatic rings. The second kappa shape index (κ2) is 4.14. The van der Waals surface area contributed by atoms with Gasteiger partial charge in [0.05, 0.1) is 0 Å². The lowest BCUT2D eigenvalue weighted by molar-refractivity contribution is 0.474. The third-order valence-corrected chi connectivity index (χ3v) is 2.97. The van der Waals surface area contributed by atoms with Crippen LogP contribution in [0.3, 0.4) is 0 Å². The Morgan fingerprint density at radius 3 is 2.89 bits per heavy atom. The van der Waals surface area contributed by atoms with Crippen molar-refractivity contribution in [3.63, 3.8) is 0 Å². The second-order valence-electron chi connectivity index (χ2n) is 4.35. The maximum Gasteiger partial charge on any atom is 0.163 e. The lowest BCUT2D eigenvalue weighted by Gasteiger charge is -2.02. The van der Waals surface area contributed by atoms with Crippen molar-refractivity contribution < 1.29 is 5.11 Å². The number of aromatic nitrogens is 3. The van der Waals surface area contributed by atoms with Gasteiger partial charge in [-0.15, -0.1) is 10.2 Å². The van der Waals surface area contributed by atoms with E-state index in [0.29, 0.717) is 6.42 Å². The van der Waals surface area contributed by atoms with Crippen molar-refractivity contribution in [3.05, 3.63) is 59.5 Å². The molecule has 0 aliphatic heterocycles. The van der Waals surface area contributed by atoms with Gasteiger partial charge in [0.1, 0.15) is 11.6 Å². The van der Waals surface area contributed by atoms with Crippen LogP contribution in [0.2, 0.25) is 0 Å². The molecular formula is C14H13N3O. The molecule has 1 N–H and O–H groups in total. The Morgan fingerprint density at radius 2 is 2.06 bits per heavy atom. The fourth-order valence-electron chi connectivity index (χ4n) is 2.07. The summed E-state index contributed by atoms with van der Waals surface area (Å²) in [5, 5.41) is 17.9. The zero-order valence-corrected chi connectivity index (χ0v) is 10.0. The normalized spacial score (nSPS) is 10.9. The summed E-state index contributed by atoms with van der Waals surface area (Å²) < 4.78 is 1.99. The summed E-state index contributed by atoms with van der Waals surface area (Å²) in [4.78, 5) is 0. The minimum Gasteiger partial charge on any atom is -0.508 e. The quantitative estimate of drug-likeness (QED) is 0.746. The van der Waals surface area contributed by atoms with Crippen molar-refractivity contribution >= 4 is 5.65 Å². The van der Waals surface area contributed by atoms with Crippen LogP contribution < -0.4 is 0 Å². The molecule has 4 heteroatoms. The van der Waals surface area contributed by atoms with Crippen molar-refractivity contribution in [1.29, 1.82) is 0 Å². The van der Waals surface area contributed by atoms with E-state index in [0.717, 1.165) is 22.6 Å². The Morgan fingerprint density at radius 1 is 1.17 bits per heavy atom. The monoisotopic (exact) mass is 239 g/mol. The van der Waals surface area contributed by atoms with Gasteiger partial charge in [-0.05, 0) is 36.2 Å². The van der Waals surface area contributed by atoms with Crippen LogP contribution in [0.1, 0.15) is 17.0 Å². The van der Waals surface area contributed by atoms with Crippen LogP contribution in [0.15, 0.2) is 42.6 Å². The molecule has 0 radical (unpaired) electrons. The van der Waals surface area contributed by atoms with E-state index in [1.807, 2.05) is 41.8 Å². The van der Waals surface area contributed by atoms with Crippen molar-refractivity contribution in [2.75, 3.05) is 0 Å². The zero-order chi connectivity index (χ0) is 12.5. The highest BCUT2D eigenvalue weighted by Gasteiger charge is 2.07. The molecule has 2 aromatic heterocycles. The molecule has 18 heavy (non-hydrogen) atoms. The minimum atomic E-state index is 0.275. The predicted octanol–water partition coefficient (Wildman–Crippen LogP) is 2.33. The summed E-state index contributed by atoms with van der Waals surface area (Å²) in [6.07, 6.45) is 2.61. The number of aryl methyl sites for hydroxylation is 1. The van der Waals surface area contributed by atoms with Gasteiger partial charge in [0.2, 0.25) is 0 Å². The van der Waals surface area contributed by atoms with Gasteiger partial charge in [-0.3, -0.25) is 4.40 Å². The number of pyridine rings is 1. The van der Waals surface area contributed by atoms with Gasteiger partial charge in [-0.25, -0.2) is 0 Å². The predicted molar refractivity (Wildman–Crippen MR) is 68.6 cm³/mol. The van der Waals surface area contributed by atoms with Crippen LogP contribution in [-0.2, 0) is 6.42 Å². The zero-order valence-electron chi connectivity index (χ0n) is 10.0. The lowest BCUT2D eigenvalue weighted by Crippen LogP contribution is -1.96. The fourth-order valence-corrected chi connectivity index (χ4v) is 2.07. The van der Waals surface area contributed by atoms with Crippen LogP contribution in [0, 0.1) is 6.92 Å². The van der Waals surface area contributed by atoms with E-state index in [1.54, 1.807) is 12.1 Å². The molecule has 0 fully saturated rings. The Labute approximate surface area is 105 Å². The molecule has 0 atom stereocenters. The van der Waals surface area contributed by atoms with Crippen molar-refractivity contribution in [2.24, 2.45) is 0 Å². The van der Waals surface area contributed by atoms with Gasteiger partial charge >= 0.3 is 0 Å². The van der Waals surface area contributed by atoms with E-state index in [2.05, 4.69) is 10.2 Å². The van der Waals surface area contributed by atoms with E-state index in [9.17, 15) is 5.11 Å². The molecule has 0 spiro atoms. The van der Waals surface area contributed by atoms with Gasteiger partial charge in [-0.1, -0.05) is 18.2 Å². The molecule has 0 aliphatic carbocycles. The molecule has 0 amide bonds. The van der Waals surface area contributed by atoms with Crippen LogP contribution in [0.4, 0.5) is 0 Å². The highest BCUT2D eigenvalue weighted by molar-refractivity contribution is 5.46. The number of hydrogen-bond donors (Lipinski definition) is 1. The molecule has 0 saturated heterocycles. The molecule has 1 aromatic carbocycles. The molecule has 3 rings (SSSR count). The average molecular weight is 239 g/mol. The molecule has 4 nitrogen and oxygen atoms in total. The number of phenolic OH excluding ortho intramolecular Hbond substituents is 1. The summed E-state index contributed by atoms with van der Waals surface area (Å²) in [7, 11) is 0. The smallest absolute Gasteiger partial charge is 0.163 e. The SMILES string of the molecule is Cc1cccn2c(Cc3cccc(O)c3)nnc12. The van der Waals surface area contributed by atoms with Crippen molar-refractivity contribution in [2.45, 2.75) is 13.3 Å². The first-order chi connectivity index (χ1) is 8.74. The van der Waals surface area contributed by atoms with Crippen LogP contribution in [0.25, 0.3) is 5.65 Å². The van der Waals surface area contributed by atoms with Crippen LogP contribution in [0.5, 0.6) is 5.75 Å². The maximum atomic E-state index is 9.46. The number of hydrogen-bond acceptors (Lipinski definition) is 3. The van der Waals surface area contributed by atoms with Crippen molar-refractivity contribution in [3.8, 4) is 5.75 Å². The molecule has 2 heterocycles.